The second-order valence-electron chi connectivity index (χ2n) is 7.98. The molecule has 4 rings (SSSR count). The molecule has 3 aromatic carbocycles. The monoisotopic (exact) mass is 476 g/mol. The Balaban J connectivity index is 1.31. The molecule has 0 aliphatic carbocycles. The Kier molecular flexibility index (Phi) is 7.12. The van der Waals surface area contributed by atoms with Gasteiger partial charge in [-0.25, -0.2) is 13.2 Å². The van der Waals surface area contributed by atoms with Crippen LogP contribution >= 0.6 is 0 Å². The van der Waals surface area contributed by atoms with Crippen molar-refractivity contribution in [1.82, 2.24) is 9.80 Å². The number of ether oxygens (including phenoxy) is 1. The Labute approximate surface area is 193 Å². The number of amides is 1. The fourth-order valence-electron chi connectivity index (χ4n) is 3.72. The van der Waals surface area contributed by atoms with Crippen LogP contribution in [0, 0.1) is 29.1 Å². The summed E-state index contributed by atoms with van der Waals surface area (Å²) in [7, 11) is 0. The highest BCUT2D eigenvalue weighted by Gasteiger charge is 2.23. The van der Waals surface area contributed by atoms with Gasteiger partial charge in [-0.2, -0.15) is 8.78 Å². The molecule has 1 fully saturated rings. The summed E-state index contributed by atoms with van der Waals surface area (Å²) < 4.78 is 72.0. The second-order valence-corrected chi connectivity index (χ2v) is 7.98. The van der Waals surface area contributed by atoms with E-state index in [2.05, 4.69) is 4.90 Å². The number of benzene rings is 3. The van der Waals surface area contributed by atoms with Gasteiger partial charge < -0.3 is 9.64 Å². The predicted octanol–water partition coefficient (Wildman–Crippen LogP) is 4.92. The van der Waals surface area contributed by atoms with Crippen LogP contribution in [0.1, 0.15) is 21.5 Å². The molecule has 178 valence electrons. The molecule has 1 saturated heterocycles. The molecule has 0 unspecified atom stereocenters. The van der Waals surface area contributed by atoms with Gasteiger partial charge in [0.1, 0.15) is 12.4 Å². The maximum absolute atomic E-state index is 13.7. The molecule has 1 amide bonds. The summed E-state index contributed by atoms with van der Waals surface area (Å²) in [5, 5.41) is 0. The minimum absolute atomic E-state index is 0.112. The third-order valence-electron chi connectivity index (χ3n) is 5.63. The van der Waals surface area contributed by atoms with E-state index in [9.17, 15) is 26.7 Å². The summed E-state index contributed by atoms with van der Waals surface area (Å²) in [6.07, 6.45) is 0. The molecular weight excluding hydrogens is 455 g/mol. The lowest BCUT2D eigenvalue weighted by molar-refractivity contribution is 0.0628. The average molecular weight is 476 g/mol. The van der Waals surface area contributed by atoms with Crippen LogP contribution in [0.3, 0.4) is 0 Å². The molecule has 1 heterocycles. The van der Waals surface area contributed by atoms with Crippen molar-refractivity contribution in [3.05, 3.63) is 100 Å². The predicted molar refractivity (Wildman–Crippen MR) is 115 cm³/mol. The number of hydrogen-bond donors (Lipinski definition) is 0. The van der Waals surface area contributed by atoms with Gasteiger partial charge in [-0.15, -0.1) is 0 Å². The van der Waals surface area contributed by atoms with E-state index in [1.807, 2.05) is 0 Å². The van der Waals surface area contributed by atoms with Gasteiger partial charge in [-0.05, 0) is 35.4 Å². The van der Waals surface area contributed by atoms with Gasteiger partial charge >= 0.3 is 0 Å². The Bertz CT molecular complexity index is 1140. The van der Waals surface area contributed by atoms with Crippen molar-refractivity contribution in [3.8, 4) is 5.75 Å². The summed E-state index contributed by atoms with van der Waals surface area (Å²) in [6.45, 7) is 2.76. The molecule has 0 atom stereocenters. The van der Waals surface area contributed by atoms with Gasteiger partial charge in [0, 0.05) is 44.4 Å². The van der Waals surface area contributed by atoms with Gasteiger partial charge in [-0.3, -0.25) is 9.69 Å². The van der Waals surface area contributed by atoms with Crippen molar-refractivity contribution in [2.24, 2.45) is 0 Å². The normalized spacial score (nSPS) is 14.3. The summed E-state index contributed by atoms with van der Waals surface area (Å²) in [4.78, 5) is 16.7. The Morgan fingerprint density at radius 2 is 1.32 bits per heavy atom. The van der Waals surface area contributed by atoms with Crippen molar-refractivity contribution in [2.75, 3.05) is 26.2 Å². The molecule has 34 heavy (non-hydrogen) atoms. The SMILES string of the molecule is O=C(c1ccc(COc2c(F)c(F)cc(F)c2F)cc1)N1CCN(Cc2ccc(F)cc2)CC1. The molecule has 1 aliphatic heterocycles. The van der Waals surface area contributed by atoms with Crippen LogP contribution in [0.4, 0.5) is 22.0 Å². The first kappa shape index (κ1) is 23.7. The highest BCUT2D eigenvalue weighted by Crippen LogP contribution is 2.27. The number of piperazine rings is 1. The number of carbonyl (C=O) groups excluding carboxylic acids is 1. The van der Waals surface area contributed by atoms with Crippen LogP contribution in [0.15, 0.2) is 54.6 Å². The molecule has 0 N–H and O–H groups in total. The molecular formula is C25H21F5N2O2. The zero-order chi connectivity index (χ0) is 24.2. The fraction of sp³-hybridized carbons (Fsp3) is 0.240. The van der Waals surface area contributed by atoms with Gasteiger partial charge in [0.15, 0.2) is 17.4 Å². The molecule has 0 bridgehead atoms. The molecule has 3 aromatic rings. The number of nitrogens with zero attached hydrogens (tertiary/aromatic N) is 2. The second kappa shape index (κ2) is 10.2. The Morgan fingerprint density at radius 1 is 0.765 bits per heavy atom. The van der Waals surface area contributed by atoms with Crippen LogP contribution in [0.5, 0.6) is 5.75 Å². The standard InChI is InChI=1S/C25H21F5N2O2/c26-19-7-3-16(4-8-19)14-31-9-11-32(12-10-31)25(33)18-5-1-17(2-6-18)15-34-24-22(29)20(27)13-21(28)23(24)30/h1-8,13H,9-12,14-15H2. The molecule has 0 spiro atoms. The molecule has 0 radical (unpaired) electrons. The van der Waals surface area contributed by atoms with Crippen LogP contribution in [0.25, 0.3) is 0 Å². The van der Waals surface area contributed by atoms with Crippen LogP contribution in [-0.2, 0) is 13.2 Å². The quantitative estimate of drug-likeness (QED) is 0.374. The maximum atomic E-state index is 13.7. The first-order chi connectivity index (χ1) is 16.3. The lowest BCUT2D eigenvalue weighted by Gasteiger charge is -2.34. The largest absolute Gasteiger partial charge is 0.483 e. The number of hydrogen-bond acceptors (Lipinski definition) is 3. The molecule has 9 heteroatoms. The van der Waals surface area contributed by atoms with E-state index >= 15 is 0 Å². The zero-order valence-corrected chi connectivity index (χ0v) is 18.0. The van der Waals surface area contributed by atoms with E-state index < -0.39 is 29.0 Å². The first-order valence-electron chi connectivity index (χ1n) is 10.6. The molecule has 0 saturated carbocycles. The van der Waals surface area contributed by atoms with E-state index in [0.717, 1.165) is 5.56 Å². The fourth-order valence-corrected chi connectivity index (χ4v) is 3.72. The summed E-state index contributed by atoms with van der Waals surface area (Å²) in [5.41, 5.74) is 1.90. The highest BCUT2D eigenvalue weighted by atomic mass is 19.2. The lowest BCUT2D eigenvalue weighted by atomic mass is 10.1. The van der Waals surface area contributed by atoms with Gasteiger partial charge in [0.05, 0.1) is 0 Å². The third kappa shape index (κ3) is 5.36. The van der Waals surface area contributed by atoms with Crippen molar-refractivity contribution in [1.29, 1.82) is 0 Å². The van der Waals surface area contributed by atoms with Crippen molar-refractivity contribution < 1.29 is 31.5 Å². The zero-order valence-electron chi connectivity index (χ0n) is 18.0. The molecule has 0 aromatic heterocycles. The van der Waals surface area contributed by atoms with Crippen molar-refractivity contribution in [2.45, 2.75) is 13.2 Å². The van der Waals surface area contributed by atoms with E-state index in [1.54, 1.807) is 41.3 Å². The minimum Gasteiger partial charge on any atom is -0.483 e. The molecule has 4 nitrogen and oxygen atoms in total. The Hall–Kier alpha value is -3.46. The summed E-state index contributed by atoms with van der Waals surface area (Å²) in [5.74, 6) is -7.87. The third-order valence-corrected chi connectivity index (χ3v) is 5.63. The number of carbonyl (C=O) groups is 1. The van der Waals surface area contributed by atoms with Crippen molar-refractivity contribution in [3.63, 3.8) is 0 Å². The Morgan fingerprint density at radius 3 is 1.91 bits per heavy atom. The maximum Gasteiger partial charge on any atom is 0.253 e. The van der Waals surface area contributed by atoms with Gasteiger partial charge in [0.25, 0.3) is 5.91 Å². The van der Waals surface area contributed by atoms with Crippen LogP contribution in [-0.4, -0.2) is 41.9 Å². The van der Waals surface area contributed by atoms with Crippen LogP contribution < -0.4 is 4.74 Å². The van der Waals surface area contributed by atoms with E-state index in [-0.39, 0.29) is 24.4 Å². The van der Waals surface area contributed by atoms with E-state index in [0.29, 0.717) is 43.9 Å². The summed E-state index contributed by atoms with van der Waals surface area (Å²) in [6, 6.07) is 12.7. The van der Waals surface area contributed by atoms with E-state index in [1.165, 1.54) is 12.1 Å². The first-order valence-corrected chi connectivity index (χ1v) is 10.6. The smallest absolute Gasteiger partial charge is 0.253 e. The highest BCUT2D eigenvalue weighted by molar-refractivity contribution is 5.94. The minimum atomic E-state index is -1.61. The summed E-state index contributed by atoms with van der Waals surface area (Å²) >= 11 is 0. The van der Waals surface area contributed by atoms with E-state index in [4.69, 9.17) is 4.74 Å². The molecule has 1 aliphatic rings. The topological polar surface area (TPSA) is 32.8 Å². The van der Waals surface area contributed by atoms with Crippen molar-refractivity contribution >= 4 is 5.91 Å². The number of halogens is 5. The van der Waals surface area contributed by atoms with Gasteiger partial charge in [-0.1, -0.05) is 24.3 Å². The number of rotatable bonds is 6. The van der Waals surface area contributed by atoms with Gasteiger partial charge in [0.2, 0.25) is 11.6 Å². The lowest BCUT2D eigenvalue weighted by Crippen LogP contribution is -2.48. The van der Waals surface area contributed by atoms with Crippen LogP contribution in [0.2, 0.25) is 0 Å². The average Bonchev–Trinajstić information content (AvgIpc) is 2.85.